The Balaban J connectivity index is 1.65. The topological polar surface area (TPSA) is 77.4 Å². The summed E-state index contributed by atoms with van der Waals surface area (Å²) in [4.78, 5) is 0. The van der Waals surface area contributed by atoms with Crippen molar-refractivity contribution in [2.75, 3.05) is 13.2 Å². The molecule has 1 aliphatic rings. The molecule has 2 aromatic carbocycles. The van der Waals surface area contributed by atoms with Crippen molar-refractivity contribution in [2.24, 2.45) is 0 Å². The molecular formula is C18H20O6. The Labute approximate surface area is 140 Å². The maximum absolute atomic E-state index is 9.07. The summed E-state index contributed by atoms with van der Waals surface area (Å²) in [7, 11) is 0. The van der Waals surface area contributed by atoms with Crippen molar-refractivity contribution in [2.45, 2.75) is 25.8 Å². The minimum atomic E-state index is -0.698. The molecular weight excluding hydrogens is 312 g/mol. The first-order valence-corrected chi connectivity index (χ1v) is 7.74. The third-order valence-corrected chi connectivity index (χ3v) is 3.59. The Bertz CT molecular complexity index is 567. The summed E-state index contributed by atoms with van der Waals surface area (Å²) < 4.78 is 22.8. The Kier molecular flexibility index (Phi) is 5.66. The van der Waals surface area contributed by atoms with Crippen LogP contribution in [-0.2, 0) is 22.7 Å². The molecule has 0 amide bonds. The Hall–Kier alpha value is -2.12. The molecule has 0 aliphatic carbocycles. The van der Waals surface area contributed by atoms with Crippen molar-refractivity contribution in [3.8, 4) is 11.5 Å². The Morgan fingerprint density at radius 2 is 1.08 bits per heavy atom. The van der Waals surface area contributed by atoms with Crippen molar-refractivity contribution < 1.29 is 29.2 Å². The first-order valence-electron chi connectivity index (χ1n) is 7.74. The van der Waals surface area contributed by atoms with Gasteiger partial charge in [-0.15, -0.1) is 0 Å². The summed E-state index contributed by atoms with van der Waals surface area (Å²) in [5.74, 6) is 1.21. The lowest BCUT2D eigenvalue weighted by atomic mass is 10.2. The van der Waals surface area contributed by atoms with Crippen LogP contribution in [0.2, 0.25) is 0 Å². The molecule has 0 bridgehead atoms. The second-order valence-electron chi connectivity index (χ2n) is 5.32. The van der Waals surface area contributed by atoms with Crippen molar-refractivity contribution in [1.82, 2.24) is 0 Å². The van der Waals surface area contributed by atoms with Crippen LogP contribution in [0.5, 0.6) is 11.5 Å². The van der Waals surface area contributed by atoms with E-state index < -0.39 is 12.6 Å². The van der Waals surface area contributed by atoms with Gasteiger partial charge in [0.1, 0.15) is 11.5 Å². The number of aliphatic hydroxyl groups excluding tert-OH is 2. The van der Waals surface area contributed by atoms with E-state index >= 15 is 0 Å². The fourth-order valence-corrected chi connectivity index (χ4v) is 2.28. The smallest absolute Gasteiger partial charge is 0.263 e. The highest BCUT2D eigenvalue weighted by molar-refractivity contribution is 5.28. The lowest BCUT2D eigenvalue weighted by Gasteiger charge is -2.31. The van der Waals surface area contributed by atoms with Crippen LogP contribution in [0.1, 0.15) is 11.1 Å². The van der Waals surface area contributed by atoms with Crippen LogP contribution in [-0.4, -0.2) is 36.0 Å². The summed E-state index contributed by atoms with van der Waals surface area (Å²) >= 11 is 0. The average molecular weight is 332 g/mol. The lowest BCUT2D eigenvalue weighted by molar-refractivity contribution is -0.271. The van der Waals surface area contributed by atoms with Crippen LogP contribution in [0.4, 0.5) is 0 Å². The first kappa shape index (κ1) is 16.7. The van der Waals surface area contributed by atoms with E-state index in [0.29, 0.717) is 24.7 Å². The minimum Gasteiger partial charge on any atom is -0.458 e. The van der Waals surface area contributed by atoms with Gasteiger partial charge in [0.05, 0.1) is 26.4 Å². The van der Waals surface area contributed by atoms with E-state index in [1.54, 1.807) is 48.5 Å². The van der Waals surface area contributed by atoms with E-state index in [4.69, 9.17) is 29.2 Å². The molecule has 0 saturated carbocycles. The molecule has 1 saturated heterocycles. The van der Waals surface area contributed by atoms with E-state index in [2.05, 4.69) is 0 Å². The van der Waals surface area contributed by atoms with Gasteiger partial charge in [-0.25, -0.2) is 0 Å². The van der Waals surface area contributed by atoms with E-state index in [1.165, 1.54) is 0 Å². The van der Waals surface area contributed by atoms with Gasteiger partial charge in [0.15, 0.2) is 0 Å². The molecule has 6 heteroatoms. The highest BCUT2D eigenvalue weighted by atomic mass is 16.8. The summed E-state index contributed by atoms with van der Waals surface area (Å²) in [5.41, 5.74) is 1.61. The molecule has 128 valence electrons. The zero-order valence-corrected chi connectivity index (χ0v) is 13.1. The van der Waals surface area contributed by atoms with E-state index in [1.807, 2.05) is 0 Å². The third kappa shape index (κ3) is 4.24. The van der Waals surface area contributed by atoms with Crippen LogP contribution >= 0.6 is 0 Å². The quantitative estimate of drug-likeness (QED) is 0.840. The molecule has 0 radical (unpaired) electrons. The predicted molar refractivity (Wildman–Crippen MR) is 85.5 cm³/mol. The maximum atomic E-state index is 9.07. The lowest BCUT2D eigenvalue weighted by Crippen LogP contribution is -2.45. The number of ether oxygens (including phenoxy) is 4. The highest BCUT2D eigenvalue weighted by Crippen LogP contribution is 2.22. The normalized spacial score (nSPS) is 20.6. The van der Waals surface area contributed by atoms with Gasteiger partial charge in [-0.1, -0.05) is 24.3 Å². The van der Waals surface area contributed by atoms with Gasteiger partial charge in [0.25, 0.3) is 12.6 Å². The molecule has 6 nitrogen and oxygen atoms in total. The number of benzene rings is 2. The molecule has 2 N–H and O–H groups in total. The van der Waals surface area contributed by atoms with Crippen LogP contribution in [0.25, 0.3) is 0 Å². The van der Waals surface area contributed by atoms with Gasteiger partial charge >= 0.3 is 0 Å². The van der Waals surface area contributed by atoms with Gasteiger partial charge < -0.3 is 29.2 Å². The minimum absolute atomic E-state index is 0.0150. The number of rotatable bonds is 6. The monoisotopic (exact) mass is 332 g/mol. The molecule has 2 aromatic rings. The molecule has 24 heavy (non-hydrogen) atoms. The number of hydrogen-bond acceptors (Lipinski definition) is 6. The van der Waals surface area contributed by atoms with Crippen LogP contribution < -0.4 is 9.47 Å². The summed E-state index contributed by atoms with van der Waals surface area (Å²) in [6, 6.07) is 14.2. The second kappa shape index (κ2) is 8.12. The van der Waals surface area contributed by atoms with Crippen LogP contribution in [0.15, 0.2) is 48.5 Å². The molecule has 1 aliphatic heterocycles. The second-order valence-corrected chi connectivity index (χ2v) is 5.32. The zero-order chi connectivity index (χ0) is 16.8. The van der Waals surface area contributed by atoms with Crippen molar-refractivity contribution >= 4 is 0 Å². The van der Waals surface area contributed by atoms with Crippen LogP contribution in [0.3, 0.4) is 0 Å². The van der Waals surface area contributed by atoms with Crippen molar-refractivity contribution in [3.05, 3.63) is 59.7 Å². The van der Waals surface area contributed by atoms with Crippen LogP contribution in [0, 0.1) is 0 Å². The van der Waals surface area contributed by atoms with Gasteiger partial charge in [-0.05, 0) is 35.4 Å². The fourth-order valence-electron chi connectivity index (χ4n) is 2.28. The third-order valence-electron chi connectivity index (χ3n) is 3.59. The SMILES string of the molecule is OCc1ccc(OC2OCCOC2Oc2ccc(CO)cc2)cc1. The molecule has 0 spiro atoms. The van der Waals surface area contributed by atoms with Gasteiger partial charge in [0, 0.05) is 0 Å². The summed E-state index contributed by atoms with van der Waals surface area (Å²) in [5, 5.41) is 18.1. The van der Waals surface area contributed by atoms with Crippen molar-refractivity contribution in [3.63, 3.8) is 0 Å². The maximum Gasteiger partial charge on any atom is 0.263 e. The summed E-state index contributed by atoms with van der Waals surface area (Å²) in [6.45, 7) is 0.809. The molecule has 1 heterocycles. The van der Waals surface area contributed by atoms with E-state index in [-0.39, 0.29) is 13.2 Å². The first-order chi connectivity index (χ1) is 11.8. The molecule has 2 unspecified atom stereocenters. The highest BCUT2D eigenvalue weighted by Gasteiger charge is 2.31. The van der Waals surface area contributed by atoms with Gasteiger partial charge in [-0.2, -0.15) is 0 Å². The van der Waals surface area contributed by atoms with E-state index in [9.17, 15) is 0 Å². The van der Waals surface area contributed by atoms with Crippen molar-refractivity contribution in [1.29, 1.82) is 0 Å². The van der Waals surface area contributed by atoms with Gasteiger partial charge in [0.2, 0.25) is 0 Å². The fraction of sp³-hybridized carbons (Fsp3) is 0.333. The predicted octanol–water partition coefficient (Wildman–Crippen LogP) is 1.83. The standard InChI is InChI=1S/C18H20O6/c19-11-13-1-5-15(6-2-13)23-17-18(22-10-9-21-17)24-16-7-3-14(12-20)4-8-16/h1-8,17-20H,9-12H2. The van der Waals surface area contributed by atoms with E-state index in [0.717, 1.165) is 11.1 Å². The zero-order valence-electron chi connectivity index (χ0n) is 13.1. The molecule has 3 rings (SSSR count). The average Bonchev–Trinajstić information content (AvgIpc) is 2.64. The molecule has 2 atom stereocenters. The summed E-state index contributed by atoms with van der Waals surface area (Å²) in [6.07, 6.45) is -1.40. The Morgan fingerprint density at radius 3 is 1.42 bits per heavy atom. The number of aliphatic hydroxyl groups is 2. The Morgan fingerprint density at radius 1 is 0.708 bits per heavy atom. The number of hydrogen-bond donors (Lipinski definition) is 2. The largest absolute Gasteiger partial charge is 0.458 e. The molecule has 0 aromatic heterocycles. The van der Waals surface area contributed by atoms with Gasteiger partial charge in [-0.3, -0.25) is 0 Å². The molecule has 1 fully saturated rings.